The number of oxime groups is 1. The summed E-state index contributed by atoms with van der Waals surface area (Å²) in [6.45, 7) is 3.08. The fourth-order valence-electron chi connectivity index (χ4n) is 2.40. The van der Waals surface area contributed by atoms with Crippen molar-refractivity contribution in [3.05, 3.63) is 70.6 Å². The van der Waals surface area contributed by atoms with Gasteiger partial charge in [0.15, 0.2) is 0 Å². The average Bonchev–Trinajstić information content (AvgIpc) is 2.63. The predicted octanol–water partition coefficient (Wildman–Crippen LogP) is 4.62. The van der Waals surface area contributed by atoms with Crippen molar-refractivity contribution in [1.82, 2.24) is 0 Å². The van der Waals surface area contributed by atoms with Gasteiger partial charge in [-0.25, -0.2) is 9.59 Å². The summed E-state index contributed by atoms with van der Waals surface area (Å²) in [5, 5.41) is 4.53. The summed E-state index contributed by atoms with van der Waals surface area (Å²) in [5.74, 6) is -0.538. The van der Waals surface area contributed by atoms with Crippen molar-refractivity contribution < 1.29 is 14.0 Å². The van der Waals surface area contributed by atoms with E-state index in [9.17, 15) is 9.59 Å². The maximum Gasteiger partial charge on any atom is 0.345 e. The molecule has 0 saturated heterocycles. The third kappa shape index (κ3) is 4.21. The number of benzene rings is 2. The maximum atomic E-state index is 12.4. The van der Waals surface area contributed by atoms with E-state index in [1.54, 1.807) is 17.8 Å². The highest BCUT2D eigenvalue weighted by Gasteiger charge is 2.12. The van der Waals surface area contributed by atoms with E-state index in [1.807, 2.05) is 55.5 Å². The van der Waals surface area contributed by atoms with Gasteiger partial charge >= 0.3 is 11.6 Å². The fraction of sp³-hybridized carbons (Fsp3) is 0.150. The number of hydrogen-bond donors (Lipinski definition) is 0. The van der Waals surface area contributed by atoms with Crippen molar-refractivity contribution in [2.45, 2.75) is 30.1 Å². The Balaban J connectivity index is 1.96. The van der Waals surface area contributed by atoms with Gasteiger partial charge in [-0.05, 0) is 36.8 Å². The number of carbonyl (C=O) groups is 1. The Kier molecular flexibility index (Phi) is 5.53. The molecule has 0 saturated carbocycles. The molecule has 5 nitrogen and oxygen atoms in total. The zero-order valence-electron chi connectivity index (χ0n) is 14.4. The summed E-state index contributed by atoms with van der Waals surface area (Å²) in [5.41, 5.74) is 0.665. The van der Waals surface area contributed by atoms with Crippen molar-refractivity contribution in [2.75, 3.05) is 0 Å². The molecule has 0 bridgehead atoms. The zero-order valence-corrected chi connectivity index (χ0v) is 15.2. The first-order valence-electron chi connectivity index (χ1n) is 8.12. The van der Waals surface area contributed by atoms with E-state index in [4.69, 9.17) is 4.42 Å². The van der Waals surface area contributed by atoms with Gasteiger partial charge in [0.05, 0.1) is 11.3 Å². The minimum atomic E-state index is -0.538. The van der Waals surface area contributed by atoms with Gasteiger partial charge in [-0.2, -0.15) is 0 Å². The summed E-state index contributed by atoms with van der Waals surface area (Å²) in [6.07, 6.45) is 0.436. The largest absolute Gasteiger partial charge is 0.422 e. The molecule has 26 heavy (non-hydrogen) atoms. The van der Waals surface area contributed by atoms with Crippen LogP contribution in [0.4, 0.5) is 0 Å². The van der Waals surface area contributed by atoms with Crippen molar-refractivity contribution in [3.63, 3.8) is 0 Å². The highest BCUT2D eigenvalue weighted by Crippen LogP contribution is 2.29. The summed E-state index contributed by atoms with van der Waals surface area (Å²) in [6, 6.07) is 17.4. The second kappa shape index (κ2) is 8.01. The number of carbonyl (C=O) groups excluding carboxylic acids is 1. The van der Waals surface area contributed by atoms with Crippen LogP contribution in [0.1, 0.15) is 25.8 Å². The summed E-state index contributed by atoms with van der Waals surface area (Å²) in [7, 11) is 0. The van der Waals surface area contributed by atoms with Crippen LogP contribution in [0, 0.1) is 0 Å². The third-order valence-electron chi connectivity index (χ3n) is 3.62. The molecule has 3 aromatic rings. The molecule has 0 N–H and O–H groups in total. The van der Waals surface area contributed by atoms with Gasteiger partial charge in [-0.1, -0.05) is 48.1 Å². The van der Waals surface area contributed by atoms with Crippen LogP contribution in [-0.4, -0.2) is 11.7 Å². The van der Waals surface area contributed by atoms with Gasteiger partial charge in [0.25, 0.3) is 0 Å². The van der Waals surface area contributed by atoms with E-state index in [0.29, 0.717) is 23.3 Å². The second-order valence-electron chi connectivity index (χ2n) is 5.54. The number of fused-ring (bicyclic) bond motifs is 1. The molecular weight excluding hydrogens is 350 g/mol. The topological polar surface area (TPSA) is 68.9 Å². The van der Waals surface area contributed by atoms with E-state index in [0.717, 1.165) is 15.2 Å². The van der Waals surface area contributed by atoms with Gasteiger partial charge in [0.2, 0.25) is 0 Å². The van der Waals surface area contributed by atoms with Gasteiger partial charge in [0.1, 0.15) is 5.58 Å². The molecule has 0 amide bonds. The Morgan fingerprint density at radius 1 is 1.12 bits per heavy atom. The van der Waals surface area contributed by atoms with E-state index < -0.39 is 11.6 Å². The van der Waals surface area contributed by atoms with E-state index in [2.05, 4.69) is 9.99 Å². The lowest BCUT2D eigenvalue weighted by Crippen LogP contribution is -2.15. The Bertz CT molecular complexity index is 1020. The summed E-state index contributed by atoms with van der Waals surface area (Å²) >= 11 is 1.59. The van der Waals surface area contributed by atoms with Gasteiger partial charge < -0.3 is 9.25 Å². The maximum absolute atomic E-state index is 12.4. The molecule has 0 fully saturated rings. The lowest BCUT2D eigenvalue weighted by molar-refractivity contribution is -0.140. The molecule has 0 radical (unpaired) electrons. The van der Waals surface area contributed by atoms with E-state index in [-0.39, 0.29) is 0 Å². The van der Waals surface area contributed by atoms with Crippen LogP contribution in [0.5, 0.6) is 0 Å². The van der Waals surface area contributed by atoms with Crippen molar-refractivity contribution in [2.24, 2.45) is 5.16 Å². The molecule has 132 valence electrons. The second-order valence-corrected chi connectivity index (χ2v) is 6.68. The van der Waals surface area contributed by atoms with Crippen molar-refractivity contribution >= 4 is 34.4 Å². The molecule has 0 atom stereocenters. The molecule has 0 spiro atoms. The minimum absolute atomic E-state index is 0.296. The Labute approximate surface area is 154 Å². The molecule has 2 aromatic carbocycles. The highest BCUT2D eigenvalue weighted by molar-refractivity contribution is 7.99. The van der Waals surface area contributed by atoms with Crippen LogP contribution < -0.4 is 5.63 Å². The minimum Gasteiger partial charge on any atom is -0.422 e. The Hall–Kier alpha value is -2.86. The molecule has 0 aliphatic heterocycles. The third-order valence-corrected chi connectivity index (χ3v) is 4.61. The molecule has 1 aromatic heterocycles. The van der Waals surface area contributed by atoms with E-state index in [1.165, 1.54) is 6.92 Å². The molecule has 6 heteroatoms. The van der Waals surface area contributed by atoms with Crippen LogP contribution in [0.3, 0.4) is 0 Å². The standard InChI is InChI=1S/C20H17NO4S/c1-3-18(21-25-13(2)22)17-11-14-9-10-16(12-19(14)24-20(17)23)26-15-7-5-4-6-8-15/h4-12H,3H2,1-2H3/b21-18+. The fourth-order valence-corrected chi connectivity index (χ4v) is 3.27. The summed E-state index contributed by atoms with van der Waals surface area (Å²) < 4.78 is 5.47. The number of hydrogen-bond acceptors (Lipinski definition) is 6. The first-order chi connectivity index (χ1) is 12.6. The molecule has 1 heterocycles. The van der Waals surface area contributed by atoms with Gasteiger partial charge in [-0.3, -0.25) is 0 Å². The van der Waals surface area contributed by atoms with Crippen LogP contribution in [0.25, 0.3) is 11.0 Å². The van der Waals surface area contributed by atoms with Gasteiger partial charge in [-0.15, -0.1) is 0 Å². The normalized spacial score (nSPS) is 11.5. The smallest absolute Gasteiger partial charge is 0.345 e. The average molecular weight is 367 g/mol. The molecule has 3 rings (SSSR count). The van der Waals surface area contributed by atoms with Crippen LogP contribution in [-0.2, 0) is 9.63 Å². The molecule has 0 aliphatic carbocycles. The first kappa shape index (κ1) is 17.9. The summed E-state index contributed by atoms with van der Waals surface area (Å²) in [4.78, 5) is 30.0. The first-order valence-corrected chi connectivity index (χ1v) is 8.94. The Morgan fingerprint density at radius 2 is 1.88 bits per heavy atom. The quantitative estimate of drug-likeness (QED) is 0.285. The zero-order chi connectivity index (χ0) is 18.5. The monoisotopic (exact) mass is 367 g/mol. The molecule has 0 aliphatic rings. The number of rotatable bonds is 5. The van der Waals surface area contributed by atoms with E-state index >= 15 is 0 Å². The van der Waals surface area contributed by atoms with Crippen LogP contribution in [0.15, 0.2) is 78.8 Å². The molecular formula is C20H17NO4S. The highest BCUT2D eigenvalue weighted by atomic mass is 32.2. The van der Waals surface area contributed by atoms with Crippen molar-refractivity contribution in [3.8, 4) is 0 Å². The SMILES string of the molecule is CC/C(=N\OC(C)=O)c1cc2ccc(Sc3ccccc3)cc2oc1=O. The Morgan fingerprint density at radius 3 is 2.58 bits per heavy atom. The van der Waals surface area contributed by atoms with Gasteiger partial charge in [0, 0.05) is 22.1 Å². The number of nitrogens with zero attached hydrogens (tertiary/aromatic N) is 1. The van der Waals surface area contributed by atoms with Crippen LogP contribution in [0.2, 0.25) is 0 Å². The van der Waals surface area contributed by atoms with Crippen molar-refractivity contribution in [1.29, 1.82) is 0 Å². The predicted molar refractivity (Wildman–Crippen MR) is 102 cm³/mol. The molecule has 0 unspecified atom stereocenters. The lowest BCUT2D eigenvalue weighted by atomic mass is 10.1. The lowest BCUT2D eigenvalue weighted by Gasteiger charge is -2.06. The van der Waals surface area contributed by atoms with Crippen LogP contribution >= 0.6 is 11.8 Å².